The monoisotopic (exact) mass is 205 g/mol. The van der Waals surface area contributed by atoms with Gasteiger partial charge < -0.3 is 4.74 Å². The maximum Gasteiger partial charge on any atom is 0.0612 e. The highest BCUT2D eigenvalue weighted by molar-refractivity contribution is 5.18. The standard InChI is InChI=1S/C14H21O/c1-2-4-12-10-6-7-11(9-10)14(12)13-5-3-8-15-13/h2,10-11,13-14H,1,3-9H2. The number of hydrogen-bond donors (Lipinski definition) is 0. The minimum absolute atomic E-state index is 0.565. The van der Waals surface area contributed by atoms with Gasteiger partial charge in [0, 0.05) is 6.61 Å². The lowest BCUT2D eigenvalue weighted by molar-refractivity contribution is 0.0477. The Labute approximate surface area is 92.9 Å². The van der Waals surface area contributed by atoms with Crippen LogP contribution in [0.2, 0.25) is 0 Å². The van der Waals surface area contributed by atoms with E-state index in [-0.39, 0.29) is 0 Å². The summed E-state index contributed by atoms with van der Waals surface area (Å²) in [6.07, 6.45) is 10.7. The molecular weight excluding hydrogens is 184 g/mol. The Morgan fingerprint density at radius 3 is 3.00 bits per heavy atom. The van der Waals surface area contributed by atoms with Crippen molar-refractivity contribution in [3.63, 3.8) is 0 Å². The average Bonchev–Trinajstić information content (AvgIpc) is 2.93. The highest BCUT2D eigenvalue weighted by atomic mass is 16.5. The van der Waals surface area contributed by atoms with E-state index in [1.165, 1.54) is 32.1 Å². The van der Waals surface area contributed by atoms with Crippen LogP contribution >= 0.6 is 0 Å². The largest absolute Gasteiger partial charge is 0.378 e. The molecule has 3 fully saturated rings. The Hall–Kier alpha value is -0.300. The van der Waals surface area contributed by atoms with Crippen LogP contribution in [0.3, 0.4) is 0 Å². The smallest absolute Gasteiger partial charge is 0.0612 e. The SMILES string of the molecule is C=CC[C]1C2CCC(C2)C1C1CCCO1. The maximum absolute atomic E-state index is 5.91. The van der Waals surface area contributed by atoms with Crippen molar-refractivity contribution in [2.45, 2.75) is 44.6 Å². The molecule has 2 bridgehead atoms. The Morgan fingerprint density at radius 1 is 1.33 bits per heavy atom. The third kappa shape index (κ3) is 1.56. The summed E-state index contributed by atoms with van der Waals surface area (Å²) in [6.45, 7) is 4.91. The Morgan fingerprint density at radius 2 is 2.27 bits per heavy atom. The topological polar surface area (TPSA) is 9.23 Å². The fourth-order valence-electron chi connectivity index (χ4n) is 4.15. The molecule has 3 aliphatic rings. The van der Waals surface area contributed by atoms with Crippen molar-refractivity contribution in [1.29, 1.82) is 0 Å². The van der Waals surface area contributed by atoms with Crippen LogP contribution in [0, 0.1) is 23.7 Å². The van der Waals surface area contributed by atoms with Crippen LogP contribution in [0.15, 0.2) is 12.7 Å². The molecule has 4 unspecified atom stereocenters. The maximum atomic E-state index is 5.91. The van der Waals surface area contributed by atoms with E-state index in [1.54, 1.807) is 5.92 Å². The summed E-state index contributed by atoms with van der Waals surface area (Å²) in [6, 6.07) is 0. The van der Waals surface area contributed by atoms with Gasteiger partial charge in [0.25, 0.3) is 0 Å². The van der Waals surface area contributed by atoms with E-state index >= 15 is 0 Å². The van der Waals surface area contributed by atoms with Gasteiger partial charge in [-0.2, -0.15) is 0 Å². The molecule has 0 spiro atoms. The zero-order valence-electron chi connectivity index (χ0n) is 9.45. The van der Waals surface area contributed by atoms with Gasteiger partial charge in [0.15, 0.2) is 0 Å². The van der Waals surface area contributed by atoms with Crippen LogP contribution < -0.4 is 0 Å². The van der Waals surface area contributed by atoms with E-state index in [4.69, 9.17) is 4.74 Å². The number of ether oxygens (including phenoxy) is 1. The van der Waals surface area contributed by atoms with E-state index in [9.17, 15) is 0 Å². The molecule has 2 saturated carbocycles. The second-order valence-corrected chi connectivity index (χ2v) is 5.42. The van der Waals surface area contributed by atoms with Crippen molar-refractivity contribution in [3.05, 3.63) is 18.6 Å². The molecule has 0 aromatic rings. The molecule has 1 heteroatoms. The molecule has 1 nitrogen and oxygen atoms in total. The first-order valence-corrected chi connectivity index (χ1v) is 6.48. The van der Waals surface area contributed by atoms with Gasteiger partial charge in [-0.1, -0.05) is 6.08 Å². The molecule has 83 valence electrons. The van der Waals surface area contributed by atoms with E-state index < -0.39 is 0 Å². The first-order chi connectivity index (χ1) is 7.40. The van der Waals surface area contributed by atoms with Crippen LogP contribution in [0.5, 0.6) is 0 Å². The van der Waals surface area contributed by atoms with Crippen molar-refractivity contribution in [2.75, 3.05) is 6.61 Å². The molecule has 0 N–H and O–H groups in total. The fraction of sp³-hybridized carbons (Fsp3) is 0.786. The summed E-state index contributed by atoms with van der Waals surface area (Å²) in [5.74, 6) is 4.45. The predicted octanol–water partition coefficient (Wildman–Crippen LogP) is 3.36. The summed E-state index contributed by atoms with van der Waals surface area (Å²) in [5, 5.41) is 0. The van der Waals surface area contributed by atoms with Crippen molar-refractivity contribution < 1.29 is 4.74 Å². The van der Waals surface area contributed by atoms with Gasteiger partial charge in [-0.15, -0.1) is 6.58 Å². The van der Waals surface area contributed by atoms with Gasteiger partial charge in [0.1, 0.15) is 0 Å². The summed E-state index contributed by atoms with van der Waals surface area (Å²) >= 11 is 0. The van der Waals surface area contributed by atoms with Crippen molar-refractivity contribution in [3.8, 4) is 0 Å². The second-order valence-electron chi connectivity index (χ2n) is 5.42. The van der Waals surface area contributed by atoms with Gasteiger partial charge in [-0.3, -0.25) is 0 Å². The van der Waals surface area contributed by atoms with Gasteiger partial charge in [-0.25, -0.2) is 0 Å². The van der Waals surface area contributed by atoms with E-state index in [2.05, 4.69) is 12.7 Å². The Kier molecular flexibility index (Phi) is 2.59. The fourth-order valence-corrected chi connectivity index (χ4v) is 4.15. The number of fused-ring (bicyclic) bond motifs is 2. The van der Waals surface area contributed by atoms with Crippen LogP contribution in [-0.2, 0) is 4.74 Å². The number of hydrogen-bond acceptors (Lipinski definition) is 1. The molecule has 15 heavy (non-hydrogen) atoms. The molecule has 0 aromatic heterocycles. The summed E-state index contributed by atoms with van der Waals surface area (Å²) in [5.41, 5.74) is 0. The number of allylic oxidation sites excluding steroid dienone is 1. The molecular formula is C14H21O. The van der Waals surface area contributed by atoms with Gasteiger partial charge in [-0.05, 0) is 62.2 Å². The van der Waals surface area contributed by atoms with Crippen molar-refractivity contribution >= 4 is 0 Å². The molecule has 0 aromatic carbocycles. The third-order valence-electron chi connectivity index (χ3n) is 4.68. The second kappa shape index (κ2) is 3.93. The van der Waals surface area contributed by atoms with Crippen LogP contribution in [0.4, 0.5) is 0 Å². The quantitative estimate of drug-likeness (QED) is 0.642. The summed E-state index contributed by atoms with van der Waals surface area (Å²) < 4.78 is 5.91. The zero-order valence-corrected chi connectivity index (χ0v) is 9.45. The highest BCUT2D eigenvalue weighted by Crippen LogP contribution is 2.57. The molecule has 4 atom stereocenters. The molecule has 3 rings (SSSR count). The first kappa shape index (κ1) is 9.89. The van der Waals surface area contributed by atoms with E-state index in [0.717, 1.165) is 30.8 Å². The van der Waals surface area contributed by atoms with E-state index in [0.29, 0.717) is 6.10 Å². The number of rotatable bonds is 3. The van der Waals surface area contributed by atoms with Crippen molar-refractivity contribution in [2.24, 2.45) is 17.8 Å². The minimum Gasteiger partial charge on any atom is -0.378 e. The van der Waals surface area contributed by atoms with E-state index in [1.807, 2.05) is 0 Å². The minimum atomic E-state index is 0.565. The van der Waals surface area contributed by atoms with Crippen molar-refractivity contribution in [1.82, 2.24) is 0 Å². The van der Waals surface area contributed by atoms with Gasteiger partial charge in [0.2, 0.25) is 0 Å². The third-order valence-corrected chi connectivity index (χ3v) is 4.68. The molecule has 0 amide bonds. The summed E-state index contributed by atoms with van der Waals surface area (Å²) in [4.78, 5) is 0. The summed E-state index contributed by atoms with van der Waals surface area (Å²) in [7, 11) is 0. The molecule has 1 saturated heterocycles. The average molecular weight is 205 g/mol. The Bertz CT molecular complexity index is 242. The van der Waals surface area contributed by atoms with Gasteiger partial charge >= 0.3 is 0 Å². The van der Waals surface area contributed by atoms with Crippen LogP contribution in [0.1, 0.15) is 38.5 Å². The Balaban J connectivity index is 1.76. The lowest BCUT2D eigenvalue weighted by Gasteiger charge is -2.33. The lowest BCUT2D eigenvalue weighted by Crippen LogP contribution is -2.31. The molecule has 1 radical (unpaired) electrons. The molecule has 1 aliphatic heterocycles. The predicted molar refractivity (Wildman–Crippen MR) is 61.4 cm³/mol. The van der Waals surface area contributed by atoms with Crippen LogP contribution in [-0.4, -0.2) is 12.7 Å². The normalized spacial score (nSPS) is 45.1. The lowest BCUT2D eigenvalue weighted by atomic mass is 9.74. The first-order valence-electron chi connectivity index (χ1n) is 6.48. The molecule has 2 aliphatic carbocycles. The zero-order chi connectivity index (χ0) is 10.3. The molecule has 1 heterocycles. The van der Waals surface area contributed by atoms with Crippen LogP contribution in [0.25, 0.3) is 0 Å². The van der Waals surface area contributed by atoms with Gasteiger partial charge in [0.05, 0.1) is 6.10 Å². The highest BCUT2D eigenvalue weighted by Gasteiger charge is 2.50.